The Morgan fingerprint density at radius 3 is 2.91 bits per heavy atom. The number of nitrogens with two attached hydrogens (primary N) is 1. The number of rotatable bonds is 1. The van der Waals surface area contributed by atoms with Crippen LogP contribution in [0, 0.1) is 11.8 Å². The average Bonchev–Trinajstić information content (AvgIpc) is 2.45. The number of benzene rings is 1. The molecule has 3 N–H and O–H groups in total. The zero-order valence-electron chi connectivity index (χ0n) is 12.6. The maximum absolute atomic E-state index is 12.2. The summed E-state index contributed by atoms with van der Waals surface area (Å²) in [4.78, 5) is 23.8. The maximum Gasteiger partial charge on any atom is 0.252 e. The molecule has 3 aliphatic rings. The molecular formula is C18H21NO3. The molecule has 2 fully saturated rings. The van der Waals surface area contributed by atoms with Crippen molar-refractivity contribution in [2.24, 2.45) is 17.6 Å². The highest BCUT2D eigenvalue weighted by Crippen LogP contribution is 2.60. The number of primary amides is 1. The fourth-order valence-electron chi connectivity index (χ4n) is 5.49. The van der Waals surface area contributed by atoms with Gasteiger partial charge >= 0.3 is 0 Å². The molecule has 4 nitrogen and oxygen atoms in total. The van der Waals surface area contributed by atoms with E-state index in [2.05, 4.69) is 0 Å². The van der Waals surface area contributed by atoms with Gasteiger partial charge in [0, 0.05) is 23.8 Å². The zero-order chi connectivity index (χ0) is 15.5. The van der Waals surface area contributed by atoms with Crippen molar-refractivity contribution >= 4 is 11.7 Å². The molecule has 1 amide bonds. The second-order valence-corrected chi connectivity index (χ2v) is 7.23. The molecule has 0 aromatic heterocycles. The molecule has 3 aliphatic carbocycles. The molecular weight excluding hydrogens is 278 g/mol. The van der Waals surface area contributed by atoms with E-state index in [1.165, 1.54) is 6.42 Å². The number of amides is 1. The molecule has 0 heterocycles. The van der Waals surface area contributed by atoms with Crippen molar-refractivity contribution < 1.29 is 14.7 Å². The first-order valence-electron chi connectivity index (χ1n) is 8.20. The van der Waals surface area contributed by atoms with Crippen molar-refractivity contribution in [1.29, 1.82) is 0 Å². The number of fused-ring (bicyclic) bond motifs is 1. The summed E-state index contributed by atoms with van der Waals surface area (Å²) >= 11 is 0. The summed E-state index contributed by atoms with van der Waals surface area (Å²) in [5, 5.41) is 10.7. The molecule has 116 valence electrons. The Kier molecular flexibility index (Phi) is 2.87. The number of carbonyl (C=O) groups is 2. The topological polar surface area (TPSA) is 80.4 Å². The molecule has 2 bridgehead atoms. The second kappa shape index (κ2) is 4.58. The Morgan fingerprint density at radius 2 is 2.14 bits per heavy atom. The standard InChI is InChI=1S/C18H21NO3/c19-17(22)13-5-3-11-8-10-2-1-7-18(15(11)16(13)21)9-12(20)4-6-14(10)18/h3,5,10,14,21H,1-2,4,6-9H2,(H2,19,22)/t10-,14?,18+/m1/s1. The van der Waals surface area contributed by atoms with Gasteiger partial charge in [0.1, 0.15) is 11.5 Å². The van der Waals surface area contributed by atoms with Gasteiger partial charge in [0.25, 0.3) is 5.91 Å². The van der Waals surface area contributed by atoms with Gasteiger partial charge in [-0.15, -0.1) is 0 Å². The number of carbonyl (C=O) groups excluding carboxylic acids is 2. The van der Waals surface area contributed by atoms with Crippen molar-refractivity contribution in [3.05, 3.63) is 28.8 Å². The summed E-state index contributed by atoms with van der Waals surface area (Å²) in [6.07, 6.45) is 6.27. The lowest BCUT2D eigenvalue weighted by Crippen LogP contribution is -2.51. The van der Waals surface area contributed by atoms with Gasteiger partial charge in [-0.05, 0) is 49.1 Å². The van der Waals surface area contributed by atoms with E-state index in [1.54, 1.807) is 6.07 Å². The van der Waals surface area contributed by atoms with Crippen molar-refractivity contribution in [2.75, 3.05) is 0 Å². The van der Waals surface area contributed by atoms with Gasteiger partial charge in [-0.1, -0.05) is 12.5 Å². The highest BCUT2D eigenvalue weighted by Gasteiger charge is 2.54. The van der Waals surface area contributed by atoms with Crippen LogP contribution in [0.5, 0.6) is 5.75 Å². The smallest absolute Gasteiger partial charge is 0.252 e. The molecule has 3 atom stereocenters. The Balaban J connectivity index is 1.97. The molecule has 22 heavy (non-hydrogen) atoms. The second-order valence-electron chi connectivity index (χ2n) is 7.23. The number of Topliss-reactive ketones (excluding diaryl/α,β-unsaturated/α-hetero) is 1. The third-order valence-corrected chi connectivity index (χ3v) is 6.23. The van der Waals surface area contributed by atoms with Crippen molar-refractivity contribution in [1.82, 2.24) is 0 Å². The fourth-order valence-corrected chi connectivity index (χ4v) is 5.49. The summed E-state index contributed by atoms with van der Waals surface area (Å²) < 4.78 is 0. The van der Waals surface area contributed by atoms with E-state index in [0.717, 1.165) is 36.8 Å². The lowest BCUT2D eigenvalue weighted by molar-refractivity contribution is -0.125. The van der Waals surface area contributed by atoms with Gasteiger partial charge < -0.3 is 10.8 Å². The molecule has 0 saturated heterocycles. The number of ketones is 1. The van der Waals surface area contributed by atoms with E-state index < -0.39 is 5.91 Å². The maximum atomic E-state index is 12.2. The minimum absolute atomic E-state index is 0.0325. The predicted molar refractivity (Wildman–Crippen MR) is 81.7 cm³/mol. The summed E-state index contributed by atoms with van der Waals surface area (Å²) in [6, 6.07) is 3.57. The Bertz CT molecular complexity index is 681. The highest BCUT2D eigenvalue weighted by atomic mass is 16.3. The SMILES string of the molecule is NC(=O)c1ccc2c(c1O)[C@]13CCC[C@H](C2)C1CCC(=O)C3. The van der Waals surface area contributed by atoms with Crippen molar-refractivity contribution in [3.8, 4) is 5.75 Å². The van der Waals surface area contributed by atoms with E-state index in [0.29, 0.717) is 24.7 Å². The number of hydrogen-bond donors (Lipinski definition) is 2. The van der Waals surface area contributed by atoms with Gasteiger partial charge in [-0.2, -0.15) is 0 Å². The molecule has 0 radical (unpaired) electrons. The molecule has 0 spiro atoms. The van der Waals surface area contributed by atoms with Crippen LogP contribution in [-0.2, 0) is 16.6 Å². The summed E-state index contributed by atoms with van der Waals surface area (Å²) in [5.41, 5.74) is 7.30. The Labute approximate surface area is 129 Å². The van der Waals surface area contributed by atoms with E-state index in [1.807, 2.05) is 6.07 Å². The van der Waals surface area contributed by atoms with E-state index in [9.17, 15) is 14.7 Å². The van der Waals surface area contributed by atoms with Crippen LogP contribution in [0.15, 0.2) is 12.1 Å². The molecule has 1 aromatic rings. The molecule has 1 unspecified atom stereocenters. The average molecular weight is 299 g/mol. The van der Waals surface area contributed by atoms with E-state index >= 15 is 0 Å². The van der Waals surface area contributed by atoms with Gasteiger partial charge in [0.2, 0.25) is 0 Å². The summed E-state index contributed by atoms with van der Waals surface area (Å²) in [5.74, 6) is 0.778. The van der Waals surface area contributed by atoms with Crippen molar-refractivity contribution in [3.63, 3.8) is 0 Å². The quantitative estimate of drug-likeness (QED) is 0.836. The lowest BCUT2D eigenvalue weighted by Gasteiger charge is -2.55. The monoisotopic (exact) mass is 299 g/mol. The molecule has 0 aliphatic heterocycles. The Hall–Kier alpha value is -1.84. The third-order valence-electron chi connectivity index (χ3n) is 6.23. The van der Waals surface area contributed by atoms with Crippen LogP contribution in [0.4, 0.5) is 0 Å². The first kappa shape index (κ1) is 13.8. The van der Waals surface area contributed by atoms with E-state index in [4.69, 9.17) is 5.73 Å². The van der Waals surface area contributed by atoms with Crippen molar-refractivity contribution in [2.45, 2.75) is 50.4 Å². The minimum atomic E-state index is -0.603. The van der Waals surface area contributed by atoms with Crippen LogP contribution in [-0.4, -0.2) is 16.8 Å². The van der Waals surface area contributed by atoms with Crippen LogP contribution in [0.2, 0.25) is 0 Å². The Morgan fingerprint density at radius 1 is 1.32 bits per heavy atom. The minimum Gasteiger partial charge on any atom is -0.507 e. The van der Waals surface area contributed by atoms with E-state index in [-0.39, 0.29) is 22.5 Å². The van der Waals surface area contributed by atoms with Crippen LogP contribution in [0.25, 0.3) is 0 Å². The first-order valence-corrected chi connectivity index (χ1v) is 8.20. The number of aromatic hydroxyl groups is 1. The fraction of sp³-hybridized carbons (Fsp3) is 0.556. The van der Waals surface area contributed by atoms with Crippen LogP contribution in [0.1, 0.15) is 60.0 Å². The van der Waals surface area contributed by atoms with Crippen LogP contribution in [0.3, 0.4) is 0 Å². The van der Waals surface area contributed by atoms with Gasteiger partial charge in [-0.25, -0.2) is 0 Å². The molecule has 4 heteroatoms. The lowest BCUT2D eigenvalue weighted by atomic mass is 9.48. The summed E-state index contributed by atoms with van der Waals surface area (Å²) in [7, 11) is 0. The van der Waals surface area contributed by atoms with Gasteiger partial charge in [0.15, 0.2) is 0 Å². The zero-order valence-corrected chi connectivity index (χ0v) is 12.6. The largest absolute Gasteiger partial charge is 0.507 e. The molecule has 2 saturated carbocycles. The normalized spacial score (nSPS) is 33.0. The highest BCUT2D eigenvalue weighted by molar-refractivity contribution is 5.96. The van der Waals surface area contributed by atoms with Gasteiger partial charge in [0.05, 0.1) is 5.56 Å². The number of hydrogen-bond acceptors (Lipinski definition) is 3. The predicted octanol–water partition coefficient (Wildman–Crippen LogP) is 2.45. The van der Waals surface area contributed by atoms with Crippen LogP contribution >= 0.6 is 0 Å². The number of phenols is 1. The first-order chi connectivity index (χ1) is 10.5. The molecule has 1 aromatic carbocycles. The summed E-state index contributed by atoms with van der Waals surface area (Å²) in [6.45, 7) is 0. The van der Waals surface area contributed by atoms with Crippen LogP contribution < -0.4 is 5.73 Å². The van der Waals surface area contributed by atoms with Gasteiger partial charge in [-0.3, -0.25) is 9.59 Å². The molecule has 4 rings (SSSR count). The third kappa shape index (κ3) is 1.70.